The lowest BCUT2D eigenvalue weighted by Crippen LogP contribution is -2.41. The van der Waals surface area contributed by atoms with Gasteiger partial charge in [-0.3, -0.25) is 9.59 Å². The van der Waals surface area contributed by atoms with E-state index in [9.17, 15) is 9.59 Å². The van der Waals surface area contributed by atoms with Crippen LogP contribution in [0.3, 0.4) is 0 Å². The zero-order valence-electron chi connectivity index (χ0n) is 12.2. The van der Waals surface area contributed by atoms with Gasteiger partial charge in [0.15, 0.2) is 0 Å². The summed E-state index contributed by atoms with van der Waals surface area (Å²) in [6.07, 6.45) is 4.85. The van der Waals surface area contributed by atoms with Gasteiger partial charge in [-0.2, -0.15) is 5.10 Å². The Morgan fingerprint density at radius 1 is 1.14 bits per heavy atom. The van der Waals surface area contributed by atoms with Gasteiger partial charge in [0, 0.05) is 37.0 Å². The number of nitrogens with zero attached hydrogens (tertiary/aromatic N) is 3. The summed E-state index contributed by atoms with van der Waals surface area (Å²) in [5.41, 5.74) is 6.87. The zero-order chi connectivity index (χ0) is 15.5. The number of primary amides is 1. The fourth-order valence-corrected chi connectivity index (χ4v) is 2.73. The smallest absolute Gasteiger partial charge is 0.253 e. The molecule has 2 heterocycles. The SMILES string of the molecule is NC(=O)C1CCN(C(=O)c2ccc(-n3cccn3)cc2)CC1. The molecule has 1 saturated heterocycles. The molecule has 6 nitrogen and oxygen atoms in total. The van der Waals surface area contributed by atoms with E-state index in [-0.39, 0.29) is 17.7 Å². The second kappa shape index (κ2) is 6.01. The fourth-order valence-electron chi connectivity index (χ4n) is 2.73. The summed E-state index contributed by atoms with van der Waals surface area (Å²) in [6.45, 7) is 1.15. The van der Waals surface area contributed by atoms with Crippen molar-refractivity contribution in [1.29, 1.82) is 0 Å². The molecule has 1 fully saturated rings. The van der Waals surface area contributed by atoms with E-state index in [1.165, 1.54) is 0 Å². The molecule has 2 N–H and O–H groups in total. The Morgan fingerprint density at radius 3 is 2.36 bits per heavy atom. The van der Waals surface area contributed by atoms with Crippen LogP contribution in [0.15, 0.2) is 42.7 Å². The van der Waals surface area contributed by atoms with E-state index >= 15 is 0 Å². The van der Waals surface area contributed by atoms with Gasteiger partial charge in [0.1, 0.15) is 0 Å². The maximum absolute atomic E-state index is 12.5. The Morgan fingerprint density at radius 2 is 1.82 bits per heavy atom. The van der Waals surface area contributed by atoms with Crippen LogP contribution in [0.1, 0.15) is 23.2 Å². The maximum atomic E-state index is 12.5. The molecule has 114 valence electrons. The van der Waals surface area contributed by atoms with Crippen molar-refractivity contribution in [2.75, 3.05) is 13.1 Å². The molecule has 1 aromatic carbocycles. The minimum atomic E-state index is -0.268. The monoisotopic (exact) mass is 298 g/mol. The van der Waals surface area contributed by atoms with Crippen LogP contribution in [0.4, 0.5) is 0 Å². The van der Waals surface area contributed by atoms with E-state index in [0.29, 0.717) is 31.5 Å². The van der Waals surface area contributed by atoms with Crippen LogP contribution in [0.5, 0.6) is 0 Å². The first-order chi connectivity index (χ1) is 10.6. The number of piperidine rings is 1. The number of aromatic nitrogens is 2. The van der Waals surface area contributed by atoms with E-state index < -0.39 is 0 Å². The van der Waals surface area contributed by atoms with Crippen LogP contribution in [-0.4, -0.2) is 39.6 Å². The van der Waals surface area contributed by atoms with Gasteiger partial charge < -0.3 is 10.6 Å². The lowest BCUT2D eigenvalue weighted by Gasteiger charge is -2.30. The van der Waals surface area contributed by atoms with Crippen LogP contribution in [0, 0.1) is 5.92 Å². The topological polar surface area (TPSA) is 81.2 Å². The van der Waals surface area contributed by atoms with Gasteiger partial charge in [0.05, 0.1) is 5.69 Å². The Kier molecular flexibility index (Phi) is 3.91. The quantitative estimate of drug-likeness (QED) is 0.924. The summed E-state index contributed by atoms with van der Waals surface area (Å²) in [4.78, 5) is 25.4. The molecule has 0 saturated carbocycles. The standard InChI is InChI=1S/C16H18N4O2/c17-15(21)12-6-10-19(11-7-12)16(22)13-2-4-14(5-3-13)20-9-1-8-18-20/h1-5,8-9,12H,6-7,10-11H2,(H2,17,21). The molecule has 1 aliphatic rings. The van der Waals surface area contributed by atoms with E-state index in [1.807, 2.05) is 24.4 Å². The average molecular weight is 298 g/mol. The van der Waals surface area contributed by atoms with E-state index in [4.69, 9.17) is 5.73 Å². The zero-order valence-corrected chi connectivity index (χ0v) is 12.2. The third-order valence-electron chi connectivity index (χ3n) is 4.07. The second-order valence-electron chi connectivity index (χ2n) is 5.47. The highest BCUT2D eigenvalue weighted by Crippen LogP contribution is 2.19. The minimum absolute atomic E-state index is 0.00469. The predicted octanol–water partition coefficient (Wildman–Crippen LogP) is 1.21. The molecule has 1 aromatic heterocycles. The molecule has 3 rings (SSSR count). The number of carbonyl (C=O) groups is 2. The molecule has 6 heteroatoms. The van der Waals surface area contributed by atoms with Crippen molar-refractivity contribution in [3.63, 3.8) is 0 Å². The third kappa shape index (κ3) is 2.86. The van der Waals surface area contributed by atoms with Gasteiger partial charge >= 0.3 is 0 Å². The van der Waals surface area contributed by atoms with E-state index in [2.05, 4.69) is 5.10 Å². The second-order valence-corrected chi connectivity index (χ2v) is 5.47. The first kappa shape index (κ1) is 14.3. The predicted molar refractivity (Wildman–Crippen MR) is 81.4 cm³/mol. The van der Waals surface area contributed by atoms with Crippen molar-refractivity contribution < 1.29 is 9.59 Å². The Bertz CT molecular complexity index is 656. The molecule has 22 heavy (non-hydrogen) atoms. The number of carbonyl (C=O) groups excluding carboxylic acids is 2. The summed E-state index contributed by atoms with van der Waals surface area (Å²) < 4.78 is 1.74. The fraction of sp³-hybridized carbons (Fsp3) is 0.312. The number of hydrogen-bond donors (Lipinski definition) is 1. The lowest BCUT2D eigenvalue weighted by atomic mass is 9.96. The van der Waals surface area contributed by atoms with Gasteiger partial charge in [-0.25, -0.2) is 4.68 Å². The molecule has 2 amide bonds. The summed E-state index contributed by atoms with van der Waals surface area (Å²) >= 11 is 0. The van der Waals surface area contributed by atoms with Crippen molar-refractivity contribution in [3.8, 4) is 5.69 Å². The van der Waals surface area contributed by atoms with Crippen LogP contribution >= 0.6 is 0 Å². The normalized spacial score (nSPS) is 15.7. The van der Waals surface area contributed by atoms with Crippen molar-refractivity contribution in [2.24, 2.45) is 11.7 Å². The molecule has 0 radical (unpaired) electrons. The highest BCUT2D eigenvalue weighted by molar-refractivity contribution is 5.94. The number of nitrogens with two attached hydrogens (primary N) is 1. The number of amides is 2. The Balaban J connectivity index is 1.67. The van der Waals surface area contributed by atoms with Gasteiger partial charge in [0.2, 0.25) is 5.91 Å². The molecule has 0 bridgehead atoms. The Hall–Kier alpha value is -2.63. The molecule has 0 spiro atoms. The van der Waals surface area contributed by atoms with Crippen molar-refractivity contribution in [3.05, 3.63) is 48.3 Å². The van der Waals surface area contributed by atoms with E-state index in [0.717, 1.165) is 5.69 Å². The summed E-state index contributed by atoms with van der Waals surface area (Å²) in [6, 6.07) is 9.20. The van der Waals surface area contributed by atoms with E-state index in [1.54, 1.807) is 27.9 Å². The summed E-state index contributed by atoms with van der Waals surface area (Å²) in [7, 11) is 0. The number of rotatable bonds is 3. The number of hydrogen-bond acceptors (Lipinski definition) is 3. The molecule has 0 aliphatic carbocycles. The molecule has 0 atom stereocenters. The van der Waals surface area contributed by atoms with Gasteiger partial charge in [-0.1, -0.05) is 0 Å². The van der Waals surface area contributed by atoms with Crippen LogP contribution in [0.2, 0.25) is 0 Å². The van der Waals surface area contributed by atoms with Crippen LogP contribution in [0.25, 0.3) is 5.69 Å². The van der Waals surface area contributed by atoms with Crippen molar-refractivity contribution in [2.45, 2.75) is 12.8 Å². The molecular formula is C16H18N4O2. The highest BCUT2D eigenvalue weighted by Gasteiger charge is 2.26. The van der Waals surface area contributed by atoms with Crippen LogP contribution < -0.4 is 5.73 Å². The molecule has 2 aromatic rings. The molecule has 1 aliphatic heterocycles. The average Bonchev–Trinajstić information content (AvgIpc) is 3.09. The number of benzene rings is 1. The largest absolute Gasteiger partial charge is 0.369 e. The van der Waals surface area contributed by atoms with Crippen molar-refractivity contribution >= 4 is 11.8 Å². The lowest BCUT2D eigenvalue weighted by molar-refractivity contribution is -0.123. The first-order valence-electron chi connectivity index (χ1n) is 7.34. The molecular weight excluding hydrogens is 280 g/mol. The third-order valence-corrected chi connectivity index (χ3v) is 4.07. The summed E-state index contributed by atoms with van der Waals surface area (Å²) in [5.74, 6) is -0.378. The van der Waals surface area contributed by atoms with Crippen LogP contribution in [-0.2, 0) is 4.79 Å². The number of likely N-dealkylation sites (tertiary alicyclic amines) is 1. The maximum Gasteiger partial charge on any atom is 0.253 e. The summed E-state index contributed by atoms with van der Waals surface area (Å²) in [5, 5.41) is 4.15. The Labute approximate surface area is 128 Å². The van der Waals surface area contributed by atoms with Gasteiger partial charge in [-0.15, -0.1) is 0 Å². The van der Waals surface area contributed by atoms with Gasteiger partial charge in [-0.05, 0) is 43.2 Å². The van der Waals surface area contributed by atoms with Gasteiger partial charge in [0.25, 0.3) is 5.91 Å². The highest BCUT2D eigenvalue weighted by atomic mass is 16.2. The van der Waals surface area contributed by atoms with Crippen molar-refractivity contribution in [1.82, 2.24) is 14.7 Å². The molecule has 0 unspecified atom stereocenters. The first-order valence-corrected chi connectivity index (χ1v) is 7.34. The minimum Gasteiger partial charge on any atom is -0.369 e.